The molecule has 3 heteroatoms. The largest absolute Gasteiger partial charge is 0.319 e. The monoisotopic (exact) mass is 412 g/mol. The molecule has 0 fully saturated rings. The van der Waals surface area contributed by atoms with Gasteiger partial charge in [-0.05, 0) is 36.6 Å². The van der Waals surface area contributed by atoms with Gasteiger partial charge >= 0.3 is 0 Å². The van der Waals surface area contributed by atoms with E-state index in [1.807, 2.05) is 0 Å². The quantitative estimate of drug-likeness (QED) is 0.403. The van der Waals surface area contributed by atoms with Gasteiger partial charge in [-0.25, -0.2) is 0 Å². The van der Waals surface area contributed by atoms with E-state index in [9.17, 15) is 0 Å². The van der Waals surface area contributed by atoms with Gasteiger partial charge in [0.1, 0.15) is 0 Å². The second kappa shape index (κ2) is 9.32. The molecule has 0 amide bonds. The van der Waals surface area contributed by atoms with Gasteiger partial charge in [0.05, 0.1) is 0 Å². The fourth-order valence-corrected chi connectivity index (χ4v) is 6.70. The van der Waals surface area contributed by atoms with Crippen LogP contribution in [0.1, 0.15) is 23.9 Å². The van der Waals surface area contributed by atoms with E-state index < -0.39 is 7.92 Å². The molecule has 0 N–H and O–H groups in total. The Hall–Kier alpha value is -2.83. The van der Waals surface area contributed by atoms with Crippen LogP contribution >= 0.6 is 7.92 Å². The summed E-state index contributed by atoms with van der Waals surface area (Å²) in [6, 6.07) is 35.2. The van der Waals surface area contributed by atoms with Crippen LogP contribution in [-0.2, 0) is 12.8 Å². The first-order valence-corrected chi connectivity index (χ1v) is 11.9. The molecular weight excluding hydrogens is 383 g/mol. The van der Waals surface area contributed by atoms with Crippen molar-refractivity contribution in [1.82, 2.24) is 4.68 Å². The van der Waals surface area contributed by atoms with Gasteiger partial charge in [0.15, 0.2) is 0 Å². The lowest BCUT2D eigenvalue weighted by Crippen LogP contribution is -2.31. The van der Waals surface area contributed by atoms with Crippen LogP contribution in [0.5, 0.6) is 0 Å². The SMILES string of the molecule is CCc1c(P(c2ccccc2)c2ccccc2)cc(Cc2ccccc2)n1N(C)C. The van der Waals surface area contributed by atoms with Crippen molar-refractivity contribution in [2.24, 2.45) is 0 Å². The summed E-state index contributed by atoms with van der Waals surface area (Å²) in [5, 5.41) is 6.49. The van der Waals surface area contributed by atoms with Gasteiger partial charge in [-0.3, -0.25) is 4.68 Å². The van der Waals surface area contributed by atoms with E-state index in [0.717, 1.165) is 12.8 Å². The van der Waals surface area contributed by atoms with Crippen molar-refractivity contribution in [2.45, 2.75) is 19.8 Å². The molecule has 0 radical (unpaired) electrons. The fraction of sp³-hybridized carbons (Fsp3) is 0.185. The number of hydrogen-bond acceptors (Lipinski definition) is 1. The highest BCUT2D eigenvalue weighted by molar-refractivity contribution is 7.79. The van der Waals surface area contributed by atoms with Crippen LogP contribution in [0, 0.1) is 0 Å². The van der Waals surface area contributed by atoms with Crippen LogP contribution in [-0.4, -0.2) is 18.8 Å². The fourth-order valence-electron chi connectivity index (χ4n) is 4.12. The molecule has 0 aliphatic heterocycles. The van der Waals surface area contributed by atoms with Crippen molar-refractivity contribution in [1.29, 1.82) is 0 Å². The Morgan fingerprint density at radius 3 is 1.70 bits per heavy atom. The standard InChI is InChI=1S/C27H29N2P/c1-4-26-27(21-23(29(26)28(2)3)20-22-14-8-5-9-15-22)30(24-16-10-6-11-17-24)25-18-12-7-13-19-25/h5-19,21H,4,20H2,1-3H3. The van der Waals surface area contributed by atoms with E-state index >= 15 is 0 Å². The van der Waals surface area contributed by atoms with Gasteiger partial charge in [0.2, 0.25) is 0 Å². The number of nitrogens with zero attached hydrogens (tertiary/aromatic N) is 2. The third-order valence-corrected chi connectivity index (χ3v) is 7.86. The summed E-state index contributed by atoms with van der Waals surface area (Å²) in [5.74, 6) is 0. The predicted octanol–water partition coefficient (Wildman–Crippen LogP) is 4.60. The Morgan fingerprint density at radius 1 is 0.733 bits per heavy atom. The van der Waals surface area contributed by atoms with E-state index in [4.69, 9.17) is 0 Å². The third-order valence-electron chi connectivity index (χ3n) is 5.36. The Balaban J connectivity index is 1.90. The van der Waals surface area contributed by atoms with Gasteiger partial charge in [-0.2, -0.15) is 0 Å². The summed E-state index contributed by atoms with van der Waals surface area (Å²) in [6.45, 7) is 2.27. The van der Waals surface area contributed by atoms with Gasteiger partial charge in [-0.1, -0.05) is 97.9 Å². The number of hydrogen-bond donors (Lipinski definition) is 0. The first-order chi connectivity index (χ1) is 14.7. The smallest absolute Gasteiger partial charge is 0.0480 e. The van der Waals surface area contributed by atoms with Crippen molar-refractivity contribution >= 4 is 23.8 Å². The minimum absolute atomic E-state index is 0.615. The lowest BCUT2D eigenvalue weighted by molar-refractivity contribution is 0.668. The maximum atomic E-state index is 2.46. The number of aromatic nitrogens is 1. The van der Waals surface area contributed by atoms with Crippen molar-refractivity contribution < 1.29 is 0 Å². The molecule has 152 valence electrons. The molecule has 4 aromatic rings. The molecule has 3 aromatic carbocycles. The summed E-state index contributed by atoms with van der Waals surface area (Å²) < 4.78 is 2.42. The summed E-state index contributed by atoms with van der Waals surface area (Å²) >= 11 is 0. The van der Waals surface area contributed by atoms with Gasteiger partial charge < -0.3 is 5.01 Å². The highest BCUT2D eigenvalue weighted by Gasteiger charge is 2.24. The Kier molecular flexibility index (Phi) is 6.35. The summed E-state index contributed by atoms with van der Waals surface area (Å²) in [4.78, 5) is 0. The van der Waals surface area contributed by atoms with E-state index in [-0.39, 0.29) is 0 Å². The van der Waals surface area contributed by atoms with Crippen LogP contribution in [0.4, 0.5) is 0 Å². The van der Waals surface area contributed by atoms with Crippen molar-refractivity contribution in [3.63, 3.8) is 0 Å². The minimum atomic E-state index is -0.615. The molecular formula is C27H29N2P. The molecule has 2 nitrogen and oxygen atoms in total. The van der Waals surface area contributed by atoms with Crippen LogP contribution in [0.25, 0.3) is 0 Å². The number of benzene rings is 3. The average Bonchev–Trinajstić information content (AvgIpc) is 3.14. The molecule has 0 saturated heterocycles. The van der Waals surface area contributed by atoms with Crippen molar-refractivity contribution in [3.05, 3.63) is 114 Å². The van der Waals surface area contributed by atoms with Gasteiger partial charge in [0.25, 0.3) is 0 Å². The van der Waals surface area contributed by atoms with Crippen LogP contribution < -0.4 is 20.9 Å². The molecule has 0 atom stereocenters. The molecule has 0 saturated carbocycles. The van der Waals surface area contributed by atoms with Crippen molar-refractivity contribution in [2.75, 3.05) is 19.1 Å². The molecule has 0 aliphatic rings. The Labute approximate surface area is 181 Å². The normalized spacial score (nSPS) is 11.1. The Bertz CT molecular complexity index is 1030. The summed E-state index contributed by atoms with van der Waals surface area (Å²) in [6.07, 6.45) is 1.93. The molecule has 0 aliphatic carbocycles. The van der Waals surface area contributed by atoms with E-state index in [0.29, 0.717) is 0 Å². The molecule has 30 heavy (non-hydrogen) atoms. The second-order valence-electron chi connectivity index (χ2n) is 7.65. The first kappa shape index (κ1) is 20.4. The van der Waals surface area contributed by atoms with E-state index in [1.165, 1.54) is 32.9 Å². The topological polar surface area (TPSA) is 8.17 Å². The molecule has 0 unspecified atom stereocenters. The molecule has 1 aromatic heterocycles. The zero-order valence-corrected chi connectivity index (χ0v) is 18.9. The first-order valence-electron chi connectivity index (χ1n) is 10.5. The number of rotatable bonds is 7. The van der Waals surface area contributed by atoms with Crippen LogP contribution in [0.3, 0.4) is 0 Å². The van der Waals surface area contributed by atoms with Gasteiger partial charge in [-0.15, -0.1) is 0 Å². The lowest BCUT2D eigenvalue weighted by Gasteiger charge is -2.24. The van der Waals surface area contributed by atoms with Crippen LogP contribution in [0.15, 0.2) is 97.1 Å². The maximum absolute atomic E-state index is 2.46. The molecule has 0 bridgehead atoms. The highest BCUT2D eigenvalue weighted by atomic mass is 31.1. The molecule has 4 rings (SSSR count). The highest BCUT2D eigenvalue weighted by Crippen LogP contribution is 2.35. The average molecular weight is 413 g/mol. The molecule has 1 heterocycles. The summed E-state index contributed by atoms with van der Waals surface area (Å²) in [7, 11) is 3.67. The maximum Gasteiger partial charge on any atom is 0.0480 e. The predicted molar refractivity (Wildman–Crippen MR) is 132 cm³/mol. The van der Waals surface area contributed by atoms with E-state index in [1.54, 1.807) is 0 Å². The lowest BCUT2D eigenvalue weighted by atomic mass is 10.1. The zero-order chi connectivity index (χ0) is 20.9. The third kappa shape index (κ3) is 4.20. The zero-order valence-electron chi connectivity index (χ0n) is 18.0. The molecule has 0 spiro atoms. The van der Waals surface area contributed by atoms with Crippen molar-refractivity contribution in [3.8, 4) is 0 Å². The summed E-state index contributed by atoms with van der Waals surface area (Å²) in [5.41, 5.74) is 4.10. The second-order valence-corrected chi connectivity index (χ2v) is 9.83. The van der Waals surface area contributed by atoms with E-state index in [2.05, 4.69) is 128 Å². The van der Waals surface area contributed by atoms with Gasteiger partial charge in [0, 0.05) is 37.2 Å². The van der Waals surface area contributed by atoms with Crippen LogP contribution in [0.2, 0.25) is 0 Å². The Morgan fingerprint density at radius 2 is 1.23 bits per heavy atom. The minimum Gasteiger partial charge on any atom is -0.319 e.